The number of aromatic nitrogens is 4. The van der Waals surface area contributed by atoms with Crippen LogP contribution < -0.4 is 26.0 Å². The van der Waals surface area contributed by atoms with Crippen LogP contribution in [-0.2, 0) is 0 Å². The highest BCUT2D eigenvalue weighted by Crippen LogP contribution is 2.43. The Morgan fingerprint density at radius 3 is 2.62 bits per heavy atom. The number of rotatable bonds is 5. The first-order valence-corrected chi connectivity index (χ1v) is 12.0. The number of amides is 2. The van der Waals surface area contributed by atoms with Crippen molar-refractivity contribution in [3.8, 4) is 22.5 Å². The van der Waals surface area contributed by atoms with E-state index in [2.05, 4.69) is 53.3 Å². The van der Waals surface area contributed by atoms with Crippen molar-refractivity contribution in [1.82, 2.24) is 30.9 Å². The summed E-state index contributed by atoms with van der Waals surface area (Å²) >= 11 is 0. The van der Waals surface area contributed by atoms with Gasteiger partial charge in [-0.15, -0.1) is 0 Å². The van der Waals surface area contributed by atoms with Gasteiger partial charge in [-0.2, -0.15) is 5.10 Å². The van der Waals surface area contributed by atoms with Crippen molar-refractivity contribution in [3.05, 3.63) is 72.2 Å². The van der Waals surface area contributed by atoms with Crippen molar-refractivity contribution >= 4 is 29.0 Å². The molecule has 2 amide bonds. The number of benzene rings is 2. The number of anilines is 3. The number of urea groups is 1. The van der Waals surface area contributed by atoms with Crippen LogP contribution in [0.5, 0.6) is 0 Å². The van der Waals surface area contributed by atoms with Crippen molar-refractivity contribution in [2.45, 2.75) is 0 Å². The number of ketones is 1. The van der Waals surface area contributed by atoms with Gasteiger partial charge in [0.25, 0.3) is 0 Å². The predicted molar refractivity (Wildman–Crippen MR) is 141 cm³/mol. The fourth-order valence-electron chi connectivity index (χ4n) is 4.78. The van der Waals surface area contributed by atoms with Gasteiger partial charge in [0.15, 0.2) is 11.6 Å². The van der Waals surface area contributed by atoms with Crippen molar-refractivity contribution in [3.63, 3.8) is 0 Å². The third kappa shape index (κ3) is 4.15. The molecule has 0 spiro atoms. The van der Waals surface area contributed by atoms with Crippen LogP contribution in [0.2, 0.25) is 0 Å². The Morgan fingerprint density at radius 1 is 1.05 bits per heavy atom. The fourth-order valence-corrected chi connectivity index (χ4v) is 4.78. The zero-order chi connectivity index (χ0) is 25.4. The molecule has 4 aromatic rings. The number of hydrogen-bond acceptors (Lipinski definition) is 8. The standard InChI is InChI=1S/C26H25N9O2/c1-34(20-15-28-9-10-29-20)33-26(37)30-19-4-2-3-18-21(19)25(36)22-23(31-32-24(18)22)16-5-7-17(8-6-16)35-13-11-27-12-14-35/h2-10,15,27H,11-14H2,1H3,(H,31,32)(H2,30,33,37). The molecule has 3 heterocycles. The van der Waals surface area contributed by atoms with E-state index in [1.54, 1.807) is 25.4 Å². The summed E-state index contributed by atoms with van der Waals surface area (Å²) in [6.45, 7) is 3.85. The maximum absolute atomic E-state index is 13.6. The van der Waals surface area contributed by atoms with Crippen LogP contribution in [-0.4, -0.2) is 65.2 Å². The highest BCUT2D eigenvalue weighted by molar-refractivity contribution is 6.26. The first-order chi connectivity index (χ1) is 18.1. The molecule has 1 aliphatic heterocycles. The second-order valence-electron chi connectivity index (χ2n) is 8.85. The van der Waals surface area contributed by atoms with E-state index >= 15 is 0 Å². The second-order valence-corrected chi connectivity index (χ2v) is 8.85. The quantitative estimate of drug-likeness (QED) is 0.274. The SMILES string of the molecule is CN(NC(=O)Nc1cccc2c1C(=O)c1c(-c3ccc(N4CCNCC4)cc3)n[nH]c1-2)c1cnccn1. The molecule has 6 rings (SSSR count). The van der Waals surface area contributed by atoms with Crippen LogP contribution in [0.4, 0.5) is 22.0 Å². The van der Waals surface area contributed by atoms with Crippen LogP contribution in [0, 0.1) is 0 Å². The highest BCUT2D eigenvalue weighted by atomic mass is 16.2. The lowest BCUT2D eigenvalue weighted by atomic mass is 10.0. The van der Waals surface area contributed by atoms with E-state index in [1.807, 2.05) is 18.2 Å². The first kappa shape index (κ1) is 22.7. The topological polar surface area (TPSA) is 131 Å². The number of carbonyl (C=O) groups is 2. The smallest absolute Gasteiger partial charge is 0.338 e. The molecule has 11 nitrogen and oxygen atoms in total. The van der Waals surface area contributed by atoms with Gasteiger partial charge < -0.3 is 15.5 Å². The van der Waals surface area contributed by atoms with Gasteiger partial charge in [0.2, 0.25) is 0 Å². The number of aromatic amines is 1. The predicted octanol–water partition coefficient (Wildman–Crippen LogP) is 2.66. The minimum absolute atomic E-state index is 0.182. The zero-order valence-electron chi connectivity index (χ0n) is 20.2. The largest absolute Gasteiger partial charge is 0.369 e. The summed E-state index contributed by atoms with van der Waals surface area (Å²) < 4.78 is 0. The normalized spacial score (nSPS) is 14.2. The van der Waals surface area contributed by atoms with Crippen LogP contribution in [0.1, 0.15) is 15.9 Å². The Labute approximate surface area is 212 Å². The molecule has 11 heteroatoms. The Balaban J connectivity index is 1.24. The molecule has 1 fully saturated rings. The Bertz CT molecular complexity index is 1460. The van der Waals surface area contributed by atoms with E-state index < -0.39 is 6.03 Å². The van der Waals surface area contributed by atoms with Crippen molar-refractivity contribution in [1.29, 1.82) is 0 Å². The fraction of sp³-hybridized carbons (Fsp3) is 0.192. The monoisotopic (exact) mass is 495 g/mol. The van der Waals surface area contributed by atoms with E-state index in [-0.39, 0.29) is 5.78 Å². The average Bonchev–Trinajstić information content (AvgIpc) is 3.50. The number of fused-ring (bicyclic) bond motifs is 3. The van der Waals surface area contributed by atoms with E-state index in [4.69, 9.17) is 0 Å². The lowest BCUT2D eigenvalue weighted by molar-refractivity contribution is 0.104. The van der Waals surface area contributed by atoms with Crippen molar-refractivity contribution < 1.29 is 9.59 Å². The molecule has 2 aromatic heterocycles. The number of carbonyl (C=O) groups excluding carboxylic acids is 2. The van der Waals surface area contributed by atoms with E-state index in [0.29, 0.717) is 39.6 Å². The molecule has 1 aliphatic carbocycles. The molecule has 186 valence electrons. The summed E-state index contributed by atoms with van der Waals surface area (Å²) in [5, 5.41) is 15.1. The van der Waals surface area contributed by atoms with Gasteiger partial charge in [0.05, 0.1) is 28.7 Å². The molecule has 0 unspecified atom stereocenters. The lowest BCUT2D eigenvalue weighted by Crippen LogP contribution is -2.43. The summed E-state index contributed by atoms with van der Waals surface area (Å²) in [5.41, 5.74) is 8.00. The van der Waals surface area contributed by atoms with E-state index in [0.717, 1.165) is 37.4 Å². The van der Waals surface area contributed by atoms with Crippen LogP contribution >= 0.6 is 0 Å². The number of piperazine rings is 1. The molecular formula is C26H25N9O2. The third-order valence-electron chi connectivity index (χ3n) is 6.59. The van der Waals surface area contributed by atoms with Gasteiger partial charge in [-0.1, -0.05) is 24.3 Å². The summed E-state index contributed by atoms with van der Waals surface area (Å²) in [5.74, 6) is 0.291. The lowest BCUT2D eigenvalue weighted by Gasteiger charge is -2.29. The van der Waals surface area contributed by atoms with Crippen LogP contribution in [0.3, 0.4) is 0 Å². The van der Waals surface area contributed by atoms with Crippen LogP contribution in [0.25, 0.3) is 22.5 Å². The van der Waals surface area contributed by atoms with Gasteiger partial charge in [0.1, 0.15) is 5.69 Å². The zero-order valence-corrected chi connectivity index (χ0v) is 20.2. The van der Waals surface area contributed by atoms with Gasteiger partial charge in [0, 0.05) is 62.4 Å². The number of hydrogen-bond donors (Lipinski definition) is 4. The maximum atomic E-state index is 13.6. The molecule has 0 atom stereocenters. The minimum atomic E-state index is -0.508. The van der Waals surface area contributed by atoms with Gasteiger partial charge in [-0.3, -0.25) is 19.9 Å². The molecular weight excluding hydrogens is 470 g/mol. The summed E-state index contributed by atoms with van der Waals surface area (Å²) in [4.78, 5) is 36.8. The van der Waals surface area contributed by atoms with Gasteiger partial charge in [-0.25, -0.2) is 15.2 Å². The first-order valence-electron chi connectivity index (χ1n) is 12.0. The molecule has 0 saturated carbocycles. The molecule has 2 aliphatic rings. The summed E-state index contributed by atoms with van der Waals surface area (Å²) in [6, 6.07) is 13.0. The molecule has 0 radical (unpaired) electrons. The highest BCUT2D eigenvalue weighted by Gasteiger charge is 2.35. The number of nitrogens with one attached hydrogen (secondary N) is 4. The molecule has 4 N–H and O–H groups in total. The van der Waals surface area contributed by atoms with Crippen molar-refractivity contribution in [2.75, 3.05) is 48.5 Å². The molecule has 37 heavy (non-hydrogen) atoms. The number of H-pyrrole nitrogens is 1. The summed E-state index contributed by atoms with van der Waals surface area (Å²) in [7, 11) is 1.65. The van der Waals surface area contributed by atoms with Crippen molar-refractivity contribution in [2.24, 2.45) is 0 Å². The van der Waals surface area contributed by atoms with Crippen LogP contribution in [0.15, 0.2) is 61.1 Å². The number of nitrogens with zero attached hydrogens (tertiary/aromatic N) is 5. The minimum Gasteiger partial charge on any atom is -0.369 e. The molecule has 1 saturated heterocycles. The molecule has 0 bridgehead atoms. The maximum Gasteiger partial charge on any atom is 0.338 e. The van der Waals surface area contributed by atoms with Gasteiger partial charge >= 0.3 is 6.03 Å². The summed E-state index contributed by atoms with van der Waals surface area (Å²) in [6.07, 6.45) is 4.61. The number of hydrazine groups is 1. The van der Waals surface area contributed by atoms with E-state index in [1.165, 1.54) is 17.4 Å². The third-order valence-corrected chi connectivity index (χ3v) is 6.59. The Hall–Kier alpha value is -4.77. The second kappa shape index (κ2) is 9.36. The van der Waals surface area contributed by atoms with Gasteiger partial charge in [-0.05, 0) is 18.2 Å². The molecule has 2 aromatic carbocycles. The Kier molecular flexibility index (Phi) is 5.73. The Morgan fingerprint density at radius 2 is 1.86 bits per heavy atom. The average molecular weight is 496 g/mol. The van der Waals surface area contributed by atoms with E-state index in [9.17, 15) is 9.59 Å².